The second-order valence-electron chi connectivity index (χ2n) is 9.27. The lowest BCUT2D eigenvalue weighted by molar-refractivity contribution is -0.384. The van der Waals surface area contributed by atoms with Crippen molar-refractivity contribution in [1.82, 2.24) is 0 Å². The summed E-state index contributed by atoms with van der Waals surface area (Å²) in [5.74, 6) is -2.48. The lowest BCUT2D eigenvalue weighted by Crippen LogP contribution is -2.41. The Labute approximate surface area is 199 Å². The summed E-state index contributed by atoms with van der Waals surface area (Å²) in [5.41, 5.74) is 1.91. The molecule has 2 heterocycles. The van der Waals surface area contributed by atoms with E-state index in [1.54, 1.807) is 43.3 Å². The van der Waals surface area contributed by atoms with E-state index in [4.69, 9.17) is 9.57 Å². The molecule has 2 saturated carbocycles. The van der Waals surface area contributed by atoms with Crippen LogP contribution in [0.15, 0.2) is 53.7 Å². The van der Waals surface area contributed by atoms with Crippen LogP contribution in [-0.4, -0.2) is 41.1 Å². The predicted octanol–water partition coefficient (Wildman–Crippen LogP) is 2.95. The normalized spacial score (nSPS) is 30.1. The number of nitro benzene ring substituents is 1. The first-order valence-corrected chi connectivity index (χ1v) is 11.5. The van der Waals surface area contributed by atoms with Gasteiger partial charge in [0.25, 0.3) is 5.69 Å². The molecule has 6 atom stereocenters. The van der Waals surface area contributed by atoms with Gasteiger partial charge in [-0.3, -0.25) is 24.6 Å². The third kappa shape index (κ3) is 3.02. The quantitative estimate of drug-likeness (QED) is 0.281. The summed E-state index contributed by atoms with van der Waals surface area (Å²) in [7, 11) is 0. The second kappa shape index (κ2) is 7.72. The smallest absolute Gasteiger partial charge is 0.338 e. The number of oxime groups is 1. The molecule has 2 bridgehead atoms. The largest absolute Gasteiger partial charge is 0.462 e. The molecule has 4 aliphatic rings. The van der Waals surface area contributed by atoms with Crippen molar-refractivity contribution in [3.05, 3.63) is 69.8 Å². The molecule has 6 rings (SSSR count). The Morgan fingerprint density at radius 2 is 1.83 bits per heavy atom. The number of ether oxygens (including phenoxy) is 1. The van der Waals surface area contributed by atoms with Gasteiger partial charge in [0.05, 0.1) is 40.3 Å². The number of nitro groups is 1. The molecule has 178 valence electrons. The predicted molar refractivity (Wildman–Crippen MR) is 121 cm³/mol. The Hall–Kier alpha value is -4.08. The molecule has 2 aromatic carbocycles. The molecule has 0 aromatic heterocycles. The Morgan fingerprint density at radius 3 is 2.51 bits per heavy atom. The summed E-state index contributed by atoms with van der Waals surface area (Å²) >= 11 is 0. The highest BCUT2D eigenvalue weighted by Crippen LogP contribution is 2.62. The summed E-state index contributed by atoms with van der Waals surface area (Å²) < 4.78 is 4.99. The van der Waals surface area contributed by atoms with Crippen molar-refractivity contribution in [3.8, 4) is 0 Å². The van der Waals surface area contributed by atoms with Crippen LogP contribution in [0.2, 0.25) is 0 Å². The van der Waals surface area contributed by atoms with Gasteiger partial charge >= 0.3 is 5.97 Å². The number of imide groups is 1. The van der Waals surface area contributed by atoms with E-state index in [0.717, 1.165) is 0 Å². The van der Waals surface area contributed by atoms with Crippen LogP contribution in [-0.2, 0) is 19.2 Å². The zero-order valence-corrected chi connectivity index (χ0v) is 18.7. The molecule has 0 spiro atoms. The number of nitrogens with zero attached hydrogens (tertiary/aromatic N) is 3. The first kappa shape index (κ1) is 21.5. The van der Waals surface area contributed by atoms with Crippen molar-refractivity contribution >= 4 is 34.9 Å². The molecule has 35 heavy (non-hydrogen) atoms. The van der Waals surface area contributed by atoms with Gasteiger partial charge in [-0.2, -0.15) is 0 Å². The lowest BCUT2D eigenvalue weighted by Gasteiger charge is -2.29. The topological polar surface area (TPSA) is 128 Å². The fourth-order valence-corrected chi connectivity index (χ4v) is 6.36. The first-order chi connectivity index (χ1) is 16.9. The maximum Gasteiger partial charge on any atom is 0.338 e. The molecule has 2 aliphatic heterocycles. The van der Waals surface area contributed by atoms with Crippen molar-refractivity contribution in [2.75, 3.05) is 11.5 Å². The highest BCUT2D eigenvalue weighted by atomic mass is 16.6. The van der Waals surface area contributed by atoms with Crippen LogP contribution >= 0.6 is 0 Å². The molecule has 10 nitrogen and oxygen atoms in total. The third-order valence-corrected chi connectivity index (χ3v) is 7.68. The highest BCUT2D eigenvalue weighted by Gasteiger charge is 2.70. The van der Waals surface area contributed by atoms with Gasteiger partial charge in [-0.15, -0.1) is 0 Å². The Balaban J connectivity index is 1.28. The number of benzene rings is 2. The minimum absolute atomic E-state index is 0.0424. The van der Waals surface area contributed by atoms with Gasteiger partial charge in [-0.25, -0.2) is 4.79 Å². The maximum absolute atomic E-state index is 13.5. The number of carbonyl (C=O) groups is 3. The first-order valence-electron chi connectivity index (χ1n) is 11.5. The van der Waals surface area contributed by atoms with Crippen LogP contribution in [0.25, 0.3) is 0 Å². The number of anilines is 1. The molecule has 2 aromatic rings. The van der Waals surface area contributed by atoms with Gasteiger partial charge in [0.1, 0.15) is 6.10 Å². The summed E-state index contributed by atoms with van der Waals surface area (Å²) in [5, 5.41) is 15.5. The van der Waals surface area contributed by atoms with E-state index in [1.807, 2.05) is 0 Å². The number of hydrogen-bond donors (Lipinski definition) is 0. The SMILES string of the molecule is CCOC(=O)c1ccc(N2C(=O)[C@@H]3[C@H]4C[C@H]([C@H]5ON=C(c6cccc([N+](=O)[O-])c6)[C@H]45)[C@@H]3C2=O)cc1. The van der Waals surface area contributed by atoms with E-state index in [1.165, 1.54) is 17.0 Å². The number of hydrogen-bond acceptors (Lipinski definition) is 8. The number of esters is 1. The van der Waals surface area contributed by atoms with E-state index in [-0.39, 0.29) is 48.0 Å². The molecule has 0 radical (unpaired) electrons. The zero-order valence-electron chi connectivity index (χ0n) is 18.7. The summed E-state index contributed by atoms with van der Waals surface area (Å²) in [6.07, 6.45) is 0.338. The van der Waals surface area contributed by atoms with Crippen LogP contribution in [0, 0.1) is 39.7 Å². The molecule has 0 N–H and O–H groups in total. The summed E-state index contributed by atoms with van der Waals surface area (Å²) in [6, 6.07) is 12.5. The van der Waals surface area contributed by atoms with E-state index in [0.29, 0.717) is 28.9 Å². The second-order valence-corrected chi connectivity index (χ2v) is 9.27. The monoisotopic (exact) mass is 475 g/mol. The Bertz CT molecular complexity index is 1300. The number of fused-ring (bicyclic) bond motifs is 8. The van der Waals surface area contributed by atoms with Gasteiger partial charge in [-0.1, -0.05) is 17.3 Å². The van der Waals surface area contributed by atoms with Crippen LogP contribution in [0.5, 0.6) is 0 Å². The van der Waals surface area contributed by atoms with Crippen LogP contribution < -0.4 is 4.90 Å². The standard InChI is InChI=1S/C25H21N3O7/c1-2-34-25(31)12-6-8-14(9-7-12)27-23(29)18-16-11-17(19(18)24(27)30)22-20(16)21(26-35-22)13-4-3-5-15(10-13)28(32)33/h3-10,16-20,22H,2,11H2,1H3/t16-,17+,18-,19+,20+,22-/m1/s1. The van der Waals surface area contributed by atoms with Gasteiger partial charge < -0.3 is 9.57 Å². The summed E-state index contributed by atoms with van der Waals surface area (Å²) in [4.78, 5) is 56.6. The van der Waals surface area contributed by atoms with Gasteiger partial charge in [-0.05, 0) is 43.5 Å². The summed E-state index contributed by atoms with van der Waals surface area (Å²) in [6.45, 7) is 1.97. The maximum atomic E-state index is 13.5. The van der Waals surface area contributed by atoms with Crippen molar-refractivity contribution in [1.29, 1.82) is 0 Å². The van der Waals surface area contributed by atoms with E-state index < -0.39 is 22.7 Å². The molecule has 1 saturated heterocycles. The van der Waals surface area contributed by atoms with Gasteiger partial charge in [0.2, 0.25) is 11.8 Å². The van der Waals surface area contributed by atoms with Crippen molar-refractivity contribution in [2.24, 2.45) is 34.7 Å². The Kier molecular flexibility index (Phi) is 4.73. The van der Waals surface area contributed by atoms with Gasteiger partial charge in [0, 0.05) is 29.5 Å². The van der Waals surface area contributed by atoms with Crippen molar-refractivity contribution in [3.63, 3.8) is 0 Å². The lowest BCUT2D eigenvalue weighted by atomic mass is 9.71. The molecular weight excluding hydrogens is 454 g/mol. The average molecular weight is 475 g/mol. The van der Waals surface area contributed by atoms with Crippen LogP contribution in [0.3, 0.4) is 0 Å². The molecule has 3 fully saturated rings. The zero-order chi connectivity index (χ0) is 24.4. The molecule has 10 heteroatoms. The van der Waals surface area contributed by atoms with Crippen LogP contribution in [0.1, 0.15) is 29.3 Å². The minimum Gasteiger partial charge on any atom is -0.462 e. The van der Waals surface area contributed by atoms with E-state index in [9.17, 15) is 24.5 Å². The number of amides is 2. The number of rotatable bonds is 5. The fourth-order valence-electron chi connectivity index (χ4n) is 6.36. The third-order valence-electron chi connectivity index (χ3n) is 7.68. The molecule has 2 amide bonds. The van der Waals surface area contributed by atoms with Crippen molar-refractivity contribution in [2.45, 2.75) is 19.4 Å². The number of carbonyl (C=O) groups excluding carboxylic acids is 3. The molecule has 0 unspecified atom stereocenters. The minimum atomic E-state index is -0.496. The molecular formula is C25H21N3O7. The average Bonchev–Trinajstić information content (AvgIpc) is 3.60. The Morgan fingerprint density at radius 1 is 1.11 bits per heavy atom. The van der Waals surface area contributed by atoms with E-state index >= 15 is 0 Å². The highest BCUT2D eigenvalue weighted by molar-refractivity contribution is 6.23. The molecule has 2 aliphatic carbocycles. The van der Waals surface area contributed by atoms with E-state index in [2.05, 4.69) is 5.16 Å². The fraction of sp³-hybridized carbons (Fsp3) is 0.360. The van der Waals surface area contributed by atoms with Crippen LogP contribution in [0.4, 0.5) is 11.4 Å². The number of non-ortho nitro benzene ring substituents is 1. The van der Waals surface area contributed by atoms with Crippen molar-refractivity contribution < 1.29 is 28.9 Å². The van der Waals surface area contributed by atoms with Gasteiger partial charge in [0.15, 0.2) is 0 Å².